The number of pyridine rings is 1. The number of benzene rings is 1. The van der Waals surface area contributed by atoms with Gasteiger partial charge in [0, 0.05) is 115 Å². The summed E-state index contributed by atoms with van der Waals surface area (Å²) in [6.45, 7) is 5.16. The lowest BCUT2D eigenvalue weighted by Crippen LogP contribution is -2.62. The third-order valence-electron chi connectivity index (χ3n) is 12.4. The first-order valence-electron chi connectivity index (χ1n) is 20.8. The average molecular weight is 908 g/mol. The Morgan fingerprint density at radius 1 is 0.984 bits per heavy atom. The zero-order valence-corrected chi connectivity index (χ0v) is 36.0. The van der Waals surface area contributed by atoms with Gasteiger partial charge in [-0.05, 0) is 24.3 Å². The second-order valence-corrected chi connectivity index (χ2v) is 17.4. The standard InChI is InChI=1S/C42H46ClF3N12O6/c1-53(2)41(64)32-14-26-19-48-34(16-31(26)51-32)57-21-29(36(52-57)42(44,45)46)33-20-49-37(54(33)3)38(61)50-27-4-5-28(30(43)15-27)40(63)56-10-8-55(9-11-56)39(62)25-6-12-58(13-7-25,23-35(59)60)22-24-17-47-18-24/h4-5,14-16,19-21,24-25,47H,6-13,17-18,22-23H2,1-3H3,(H2-,48,50,51,59,60,61,63,64)/p+1. The summed E-state index contributed by atoms with van der Waals surface area (Å²) in [6.07, 6.45) is 0.0219. The first kappa shape index (κ1) is 44.3. The maximum absolute atomic E-state index is 14.4. The van der Waals surface area contributed by atoms with Crippen LogP contribution < -0.4 is 10.6 Å². The van der Waals surface area contributed by atoms with Gasteiger partial charge in [0.15, 0.2) is 23.9 Å². The number of hydrogen-bond donors (Lipinski definition) is 4. The number of amides is 4. The fourth-order valence-corrected chi connectivity index (χ4v) is 9.11. The molecule has 0 saturated carbocycles. The van der Waals surface area contributed by atoms with Crippen molar-refractivity contribution in [2.24, 2.45) is 18.9 Å². The molecule has 0 radical (unpaired) electrons. The summed E-state index contributed by atoms with van der Waals surface area (Å²) < 4.78 is 45.9. The molecule has 8 rings (SSSR count). The van der Waals surface area contributed by atoms with Gasteiger partial charge in [-0.3, -0.25) is 19.2 Å². The van der Waals surface area contributed by atoms with Crippen molar-refractivity contribution in [1.29, 1.82) is 0 Å². The van der Waals surface area contributed by atoms with Crippen molar-refractivity contribution in [1.82, 2.24) is 49.3 Å². The SMILES string of the molecule is CN(C)C(=O)c1cc2cnc(-n3cc(-c4cnc(C(=O)Nc5ccc(C(=O)N6CCN(C(=O)C7CC[N+](CC(=O)O)(CC8CNC8)CC7)CC6)c(Cl)c5)n4C)c(C(F)(F)F)n3)cc2[nH]1. The smallest absolute Gasteiger partial charge is 0.435 e. The Hall–Kier alpha value is -6.32. The number of imidazole rings is 1. The summed E-state index contributed by atoms with van der Waals surface area (Å²) >= 11 is 6.57. The van der Waals surface area contributed by atoms with Crippen LogP contribution in [0.2, 0.25) is 5.02 Å². The number of carbonyl (C=O) groups is 5. The number of carbonyl (C=O) groups excluding carboxylic acids is 4. The number of hydrogen-bond acceptors (Lipinski definition) is 9. The molecule has 3 saturated heterocycles. The highest BCUT2D eigenvalue weighted by atomic mass is 35.5. The lowest BCUT2D eigenvalue weighted by atomic mass is 9.90. The van der Waals surface area contributed by atoms with Crippen LogP contribution in [-0.4, -0.2) is 163 Å². The molecule has 0 spiro atoms. The van der Waals surface area contributed by atoms with Gasteiger partial charge in [-0.1, -0.05) is 11.6 Å². The summed E-state index contributed by atoms with van der Waals surface area (Å²) in [5.41, 5.74) is -0.526. The minimum Gasteiger partial charge on any atom is -0.477 e. The number of H-pyrrole nitrogens is 1. The molecule has 7 heterocycles. The summed E-state index contributed by atoms with van der Waals surface area (Å²) in [4.78, 5) is 80.8. The molecule has 64 heavy (non-hydrogen) atoms. The monoisotopic (exact) mass is 907 g/mol. The number of piperazine rings is 1. The lowest BCUT2D eigenvalue weighted by molar-refractivity contribution is -0.929. The zero-order chi connectivity index (χ0) is 45.7. The lowest BCUT2D eigenvalue weighted by Gasteiger charge is -2.46. The van der Waals surface area contributed by atoms with Crippen LogP contribution >= 0.6 is 11.6 Å². The Labute approximate surface area is 369 Å². The van der Waals surface area contributed by atoms with Crippen molar-refractivity contribution in [3.63, 3.8) is 0 Å². The maximum atomic E-state index is 14.4. The van der Waals surface area contributed by atoms with E-state index >= 15 is 0 Å². The van der Waals surface area contributed by atoms with Crippen molar-refractivity contribution in [2.45, 2.75) is 19.0 Å². The fraction of sp³-hybridized carbons (Fsp3) is 0.429. The third kappa shape index (κ3) is 8.91. The van der Waals surface area contributed by atoms with Crippen LogP contribution in [-0.2, 0) is 22.8 Å². The molecule has 3 fully saturated rings. The molecule has 4 amide bonds. The number of fused-ring (bicyclic) bond motifs is 1. The molecule has 4 N–H and O–H groups in total. The molecule has 22 heteroatoms. The number of rotatable bonds is 11. The molecule has 1 aromatic carbocycles. The second kappa shape index (κ2) is 17.3. The molecule has 4 aromatic heterocycles. The molecule has 0 atom stereocenters. The van der Waals surface area contributed by atoms with Gasteiger partial charge >= 0.3 is 12.1 Å². The van der Waals surface area contributed by atoms with Crippen molar-refractivity contribution in [2.75, 3.05) is 84.9 Å². The molecule has 0 aliphatic carbocycles. The molecular weight excluding hydrogens is 861 g/mol. The highest BCUT2D eigenvalue weighted by Gasteiger charge is 2.43. The fourth-order valence-electron chi connectivity index (χ4n) is 8.85. The van der Waals surface area contributed by atoms with Gasteiger partial charge in [0.1, 0.15) is 5.69 Å². The maximum Gasteiger partial charge on any atom is 0.435 e. The Morgan fingerprint density at radius 2 is 1.69 bits per heavy atom. The first-order chi connectivity index (χ1) is 30.4. The number of likely N-dealkylation sites (tertiary alicyclic amines) is 1. The number of piperidine rings is 1. The molecule has 18 nitrogen and oxygen atoms in total. The van der Waals surface area contributed by atoms with E-state index in [2.05, 4.69) is 30.7 Å². The van der Waals surface area contributed by atoms with Gasteiger partial charge in [0.2, 0.25) is 5.91 Å². The number of alkyl halides is 3. The van der Waals surface area contributed by atoms with Crippen LogP contribution in [0.25, 0.3) is 28.0 Å². The predicted molar refractivity (Wildman–Crippen MR) is 227 cm³/mol. The Kier molecular flexibility index (Phi) is 12.0. The Morgan fingerprint density at radius 3 is 2.31 bits per heavy atom. The number of aromatic amines is 1. The van der Waals surface area contributed by atoms with Gasteiger partial charge in [-0.2, -0.15) is 18.3 Å². The highest BCUT2D eigenvalue weighted by molar-refractivity contribution is 6.34. The number of carboxylic acids is 1. The summed E-state index contributed by atoms with van der Waals surface area (Å²) in [7, 11) is 4.57. The molecular formula is C42H47ClF3N12O6+. The largest absolute Gasteiger partial charge is 0.477 e. The van der Waals surface area contributed by atoms with E-state index in [-0.39, 0.29) is 88.1 Å². The minimum absolute atomic E-state index is 0.0250. The number of carboxylic acid groups (broad SMARTS) is 1. The van der Waals surface area contributed by atoms with Crippen LogP contribution in [0.5, 0.6) is 0 Å². The van der Waals surface area contributed by atoms with Gasteiger partial charge < -0.3 is 44.5 Å². The molecule has 338 valence electrons. The topological polar surface area (TPSA) is 204 Å². The number of aliphatic carboxylic acids is 1. The highest BCUT2D eigenvalue weighted by Crippen LogP contribution is 2.37. The van der Waals surface area contributed by atoms with E-state index in [0.717, 1.165) is 36.7 Å². The normalized spacial score (nSPS) is 19.4. The summed E-state index contributed by atoms with van der Waals surface area (Å²) in [5, 5.41) is 19.9. The van der Waals surface area contributed by atoms with Crippen LogP contribution in [0.3, 0.4) is 0 Å². The molecule has 0 unspecified atom stereocenters. The number of halogens is 4. The number of quaternary nitrogens is 1. The summed E-state index contributed by atoms with van der Waals surface area (Å²) in [6, 6.07) is 7.40. The van der Waals surface area contributed by atoms with E-state index in [0.29, 0.717) is 60.3 Å². The van der Waals surface area contributed by atoms with Crippen molar-refractivity contribution in [3.8, 4) is 17.1 Å². The van der Waals surface area contributed by atoms with Crippen LogP contribution in [0.1, 0.15) is 50.0 Å². The Bertz CT molecular complexity index is 2640. The van der Waals surface area contributed by atoms with Crippen LogP contribution in [0.4, 0.5) is 18.9 Å². The number of anilines is 1. The van der Waals surface area contributed by atoms with Crippen LogP contribution in [0, 0.1) is 11.8 Å². The van der Waals surface area contributed by atoms with Crippen molar-refractivity contribution in [3.05, 3.63) is 76.7 Å². The van der Waals surface area contributed by atoms with Gasteiger partial charge in [0.05, 0.1) is 53.2 Å². The van der Waals surface area contributed by atoms with Crippen LogP contribution in [0.15, 0.2) is 48.9 Å². The summed E-state index contributed by atoms with van der Waals surface area (Å²) in [5.74, 6) is -2.13. The van der Waals surface area contributed by atoms with Crippen molar-refractivity contribution < 1.29 is 46.7 Å². The second-order valence-electron chi connectivity index (χ2n) is 17.0. The first-order valence-corrected chi connectivity index (χ1v) is 21.1. The Balaban J connectivity index is 0.895. The quantitative estimate of drug-likeness (QED) is 0.142. The van der Waals surface area contributed by atoms with E-state index in [9.17, 15) is 42.3 Å². The average Bonchev–Trinajstić information content (AvgIpc) is 3.98. The molecule has 5 aromatic rings. The predicted octanol–water partition coefficient (Wildman–Crippen LogP) is 3.59. The van der Waals surface area contributed by atoms with E-state index in [1.54, 1.807) is 30.0 Å². The van der Waals surface area contributed by atoms with Crippen molar-refractivity contribution >= 4 is 57.8 Å². The third-order valence-corrected chi connectivity index (χ3v) is 12.7. The molecule has 0 bridgehead atoms. The van der Waals surface area contributed by atoms with Gasteiger partial charge in [0.25, 0.3) is 17.7 Å². The minimum atomic E-state index is -4.89. The van der Waals surface area contributed by atoms with E-state index < -0.39 is 23.7 Å². The number of aromatic nitrogens is 6. The van der Waals surface area contributed by atoms with E-state index in [1.165, 1.54) is 47.0 Å². The van der Waals surface area contributed by atoms with E-state index in [1.807, 2.05) is 0 Å². The number of nitrogens with zero attached hydrogens (tertiary/aromatic N) is 9. The molecule has 3 aliphatic heterocycles. The zero-order valence-electron chi connectivity index (χ0n) is 35.3. The molecule has 3 aliphatic rings. The van der Waals surface area contributed by atoms with Gasteiger partial charge in [-0.15, -0.1) is 0 Å². The number of nitrogens with one attached hydrogen (secondary N) is 3. The van der Waals surface area contributed by atoms with E-state index in [4.69, 9.17) is 11.6 Å². The van der Waals surface area contributed by atoms with Gasteiger partial charge in [-0.25, -0.2) is 19.4 Å².